The topological polar surface area (TPSA) is 94.6 Å². The van der Waals surface area contributed by atoms with E-state index in [1.54, 1.807) is 24.3 Å². The van der Waals surface area contributed by atoms with Crippen LogP contribution in [0.15, 0.2) is 54.9 Å². The van der Waals surface area contributed by atoms with Gasteiger partial charge in [0.2, 0.25) is 0 Å². The zero-order valence-electron chi connectivity index (χ0n) is 15.8. The summed E-state index contributed by atoms with van der Waals surface area (Å²) in [6.45, 7) is 3.58. The molecule has 0 bridgehead atoms. The minimum Gasteiger partial charge on any atom is -0.494 e. The number of amides is 1. The molecule has 2 aromatic carbocycles. The number of nitrogens with zero attached hydrogens (tertiary/aromatic N) is 2. The molecule has 0 atom stereocenters. The van der Waals surface area contributed by atoms with Crippen LogP contribution >= 0.6 is 0 Å². The van der Waals surface area contributed by atoms with Crippen LogP contribution in [-0.2, 0) is 0 Å². The van der Waals surface area contributed by atoms with Gasteiger partial charge in [-0.15, -0.1) is 0 Å². The minimum atomic E-state index is -0.340. The lowest BCUT2D eigenvalue weighted by atomic mass is 10.2. The molecular weight excluding hydrogens is 372 g/mol. The largest absolute Gasteiger partial charge is 0.494 e. The van der Waals surface area contributed by atoms with Crippen molar-refractivity contribution in [3.63, 3.8) is 0 Å². The number of benzene rings is 2. The van der Waals surface area contributed by atoms with Gasteiger partial charge in [-0.2, -0.15) is 0 Å². The van der Waals surface area contributed by atoms with E-state index in [9.17, 15) is 4.79 Å². The number of rotatable bonds is 6. The molecule has 0 unspecified atom stereocenters. The van der Waals surface area contributed by atoms with Crippen LogP contribution in [0.4, 0.5) is 17.2 Å². The molecule has 8 heteroatoms. The van der Waals surface area contributed by atoms with Crippen molar-refractivity contribution in [2.45, 2.75) is 6.92 Å². The van der Waals surface area contributed by atoms with Crippen LogP contribution in [0.5, 0.6) is 17.2 Å². The number of carbonyl (C=O) groups excluding carboxylic acids is 1. The molecule has 0 saturated carbocycles. The van der Waals surface area contributed by atoms with Gasteiger partial charge in [-0.3, -0.25) is 4.79 Å². The van der Waals surface area contributed by atoms with E-state index >= 15 is 0 Å². The third-order valence-corrected chi connectivity index (χ3v) is 4.12. The summed E-state index contributed by atoms with van der Waals surface area (Å²) >= 11 is 0. The van der Waals surface area contributed by atoms with Gasteiger partial charge in [-0.05, 0) is 43.3 Å². The Morgan fingerprint density at radius 1 is 1.00 bits per heavy atom. The van der Waals surface area contributed by atoms with E-state index in [0.717, 1.165) is 11.4 Å². The average Bonchev–Trinajstić information content (AvgIpc) is 2.76. The third-order valence-electron chi connectivity index (χ3n) is 4.12. The summed E-state index contributed by atoms with van der Waals surface area (Å²) in [6, 6.07) is 12.7. The van der Waals surface area contributed by atoms with Crippen LogP contribution < -0.4 is 24.8 Å². The lowest BCUT2D eigenvalue weighted by Gasteiger charge is -2.19. The Morgan fingerprint density at radius 2 is 1.76 bits per heavy atom. The van der Waals surface area contributed by atoms with Crippen molar-refractivity contribution in [3.05, 3.63) is 60.6 Å². The van der Waals surface area contributed by atoms with Crippen molar-refractivity contribution in [2.24, 2.45) is 0 Å². The predicted octanol–water partition coefficient (Wildman–Crippen LogP) is 3.64. The van der Waals surface area contributed by atoms with Crippen molar-refractivity contribution < 1.29 is 19.0 Å². The summed E-state index contributed by atoms with van der Waals surface area (Å²) in [6.07, 6.45) is 2.92. The monoisotopic (exact) mass is 392 g/mol. The van der Waals surface area contributed by atoms with Gasteiger partial charge in [0, 0.05) is 17.4 Å². The Bertz CT molecular complexity index is 991. The molecule has 1 amide bonds. The lowest BCUT2D eigenvalue weighted by molar-refractivity contribution is 0.102. The first-order chi connectivity index (χ1) is 14.2. The van der Waals surface area contributed by atoms with E-state index in [1.165, 1.54) is 12.4 Å². The van der Waals surface area contributed by atoms with Crippen LogP contribution in [0.2, 0.25) is 0 Å². The summed E-state index contributed by atoms with van der Waals surface area (Å²) in [4.78, 5) is 20.8. The standard InChI is InChI=1S/C21H20N4O4/c1-2-27-16-6-3-14(4-7-16)25-21(26)17-12-23-20(13-22-17)24-15-5-8-18-19(11-15)29-10-9-28-18/h3-8,11-13H,2,9-10H2,1H3,(H,23,24)(H,25,26). The molecule has 0 saturated heterocycles. The molecule has 3 aromatic rings. The second-order valence-electron chi connectivity index (χ2n) is 6.18. The van der Waals surface area contributed by atoms with Crippen LogP contribution in [0, 0.1) is 0 Å². The van der Waals surface area contributed by atoms with Crippen molar-refractivity contribution in [1.82, 2.24) is 9.97 Å². The fraction of sp³-hybridized carbons (Fsp3) is 0.190. The molecule has 0 radical (unpaired) electrons. The molecule has 4 rings (SSSR count). The highest BCUT2D eigenvalue weighted by Gasteiger charge is 2.13. The Labute approximate surface area is 167 Å². The van der Waals surface area contributed by atoms with Crippen molar-refractivity contribution in [3.8, 4) is 17.2 Å². The number of nitrogens with one attached hydrogen (secondary N) is 2. The number of anilines is 3. The summed E-state index contributed by atoms with van der Waals surface area (Å²) in [5.41, 5.74) is 1.65. The van der Waals surface area contributed by atoms with E-state index in [2.05, 4.69) is 20.6 Å². The Balaban J connectivity index is 1.39. The number of ether oxygens (including phenoxy) is 3. The van der Waals surface area contributed by atoms with Gasteiger partial charge < -0.3 is 24.8 Å². The first-order valence-corrected chi connectivity index (χ1v) is 9.24. The zero-order valence-corrected chi connectivity index (χ0v) is 15.8. The summed E-state index contributed by atoms with van der Waals surface area (Å²) in [5.74, 6) is 2.32. The van der Waals surface area contributed by atoms with Crippen LogP contribution in [0.3, 0.4) is 0 Å². The van der Waals surface area contributed by atoms with Crippen molar-refractivity contribution in [1.29, 1.82) is 0 Å². The number of hydrogen-bond donors (Lipinski definition) is 2. The maximum Gasteiger partial charge on any atom is 0.275 e. The number of aromatic nitrogens is 2. The molecule has 2 heterocycles. The first kappa shape index (κ1) is 18.5. The maximum absolute atomic E-state index is 12.4. The quantitative estimate of drug-likeness (QED) is 0.661. The van der Waals surface area contributed by atoms with Gasteiger partial charge in [0.05, 0.1) is 19.0 Å². The van der Waals surface area contributed by atoms with Gasteiger partial charge in [-0.1, -0.05) is 0 Å². The highest BCUT2D eigenvalue weighted by Crippen LogP contribution is 2.33. The van der Waals surface area contributed by atoms with E-state index in [-0.39, 0.29) is 11.6 Å². The maximum atomic E-state index is 12.4. The summed E-state index contributed by atoms with van der Waals surface area (Å²) in [5, 5.41) is 5.92. The van der Waals surface area contributed by atoms with Crippen LogP contribution in [0.1, 0.15) is 17.4 Å². The van der Waals surface area contributed by atoms with Gasteiger partial charge in [-0.25, -0.2) is 9.97 Å². The molecule has 0 fully saturated rings. The molecule has 1 aliphatic heterocycles. The second kappa shape index (κ2) is 8.47. The first-order valence-electron chi connectivity index (χ1n) is 9.24. The van der Waals surface area contributed by atoms with Crippen LogP contribution in [-0.4, -0.2) is 35.7 Å². The normalized spacial score (nSPS) is 12.2. The highest BCUT2D eigenvalue weighted by atomic mass is 16.6. The zero-order chi connectivity index (χ0) is 20.1. The minimum absolute atomic E-state index is 0.214. The summed E-state index contributed by atoms with van der Waals surface area (Å²) < 4.78 is 16.5. The molecule has 1 aliphatic rings. The fourth-order valence-corrected chi connectivity index (χ4v) is 2.78. The molecule has 8 nitrogen and oxygen atoms in total. The van der Waals surface area contributed by atoms with E-state index < -0.39 is 0 Å². The molecule has 2 N–H and O–H groups in total. The molecule has 0 spiro atoms. The van der Waals surface area contributed by atoms with Gasteiger partial charge in [0.15, 0.2) is 11.5 Å². The molecule has 148 valence electrons. The Kier molecular flexibility index (Phi) is 5.42. The number of fused-ring (bicyclic) bond motifs is 1. The molecule has 1 aromatic heterocycles. The Hall–Kier alpha value is -3.81. The smallest absolute Gasteiger partial charge is 0.275 e. The second-order valence-corrected chi connectivity index (χ2v) is 6.18. The van der Waals surface area contributed by atoms with E-state index in [1.807, 2.05) is 25.1 Å². The molecular formula is C21H20N4O4. The number of carbonyl (C=O) groups is 1. The van der Waals surface area contributed by atoms with Gasteiger partial charge in [0.1, 0.15) is 30.5 Å². The fourth-order valence-electron chi connectivity index (χ4n) is 2.78. The van der Waals surface area contributed by atoms with Crippen LogP contribution in [0.25, 0.3) is 0 Å². The summed E-state index contributed by atoms with van der Waals surface area (Å²) in [7, 11) is 0. The van der Waals surface area contributed by atoms with E-state index in [4.69, 9.17) is 14.2 Å². The Morgan fingerprint density at radius 3 is 2.48 bits per heavy atom. The van der Waals surface area contributed by atoms with Crippen molar-refractivity contribution >= 4 is 23.1 Å². The molecule has 29 heavy (non-hydrogen) atoms. The lowest BCUT2D eigenvalue weighted by Crippen LogP contribution is -2.15. The SMILES string of the molecule is CCOc1ccc(NC(=O)c2cnc(Nc3ccc4c(c3)OCCO4)cn2)cc1. The average molecular weight is 392 g/mol. The van der Waals surface area contributed by atoms with Gasteiger partial charge >= 0.3 is 0 Å². The number of hydrogen-bond acceptors (Lipinski definition) is 7. The predicted molar refractivity (Wildman–Crippen MR) is 108 cm³/mol. The van der Waals surface area contributed by atoms with E-state index in [0.29, 0.717) is 42.8 Å². The van der Waals surface area contributed by atoms with Crippen molar-refractivity contribution in [2.75, 3.05) is 30.5 Å². The van der Waals surface area contributed by atoms with Gasteiger partial charge in [0.25, 0.3) is 5.91 Å². The third kappa shape index (κ3) is 4.55. The molecule has 0 aliphatic carbocycles. The highest BCUT2D eigenvalue weighted by molar-refractivity contribution is 6.02.